The number of aryl methyl sites for hydroxylation is 1. The first-order valence-corrected chi connectivity index (χ1v) is 11.3. The molecular formula is C23H26F2N4O6. The van der Waals surface area contributed by atoms with Crippen LogP contribution in [0.25, 0.3) is 11.3 Å². The van der Waals surface area contributed by atoms with Crippen LogP contribution in [0, 0.1) is 18.6 Å². The predicted octanol–water partition coefficient (Wildman–Crippen LogP) is 1.29. The van der Waals surface area contributed by atoms with Gasteiger partial charge < -0.3 is 29.3 Å². The van der Waals surface area contributed by atoms with Crippen molar-refractivity contribution in [1.29, 1.82) is 0 Å². The first-order valence-electron chi connectivity index (χ1n) is 11.3. The second-order valence-corrected chi connectivity index (χ2v) is 9.05. The topological polar surface area (TPSA) is 136 Å². The van der Waals surface area contributed by atoms with Crippen molar-refractivity contribution in [2.45, 2.75) is 62.2 Å². The van der Waals surface area contributed by atoms with Gasteiger partial charge in [-0.15, -0.1) is 5.10 Å². The van der Waals surface area contributed by atoms with E-state index in [0.717, 1.165) is 0 Å². The normalized spacial score (nSPS) is 30.5. The molecule has 2 aromatic heterocycles. The maximum Gasteiger partial charge on any atom is 0.168 e. The van der Waals surface area contributed by atoms with Gasteiger partial charge >= 0.3 is 0 Å². The van der Waals surface area contributed by atoms with Gasteiger partial charge in [-0.05, 0) is 25.0 Å². The van der Waals surface area contributed by atoms with Crippen LogP contribution in [0.1, 0.15) is 35.4 Å². The Morgan fingerprint density at radius 3 is 2.66 bits per heavy atom. The number of hydrogen-bond donors (Lipinski definition) is 3. The molecule has 0 bridgehead atoms. The molecule has 188 valence electrons. The standard InChI is InChI=1S/C23H26F2N4O6/c1-10-3-4-12(20(25)19(10)24)14-8-29(28-26-14)21-22(32)18(9-30)34-17(23(21)33-2)6-11-5-16(35-27-11)13-7-15(13)31/h3-5,8,13,15,17-18,21-23,30-32H,6-7,9H2,1-2H3/t13-,15-,17-,18-,21+,22+,23+/m1/s1. The molecule has 10 nitrogen and oxygen atoms in total. The zero-order chi connectivity index (χ0) is 24.9. The molecule has 2 fully saturated rings. The van der Waals surface area contributed by atoms with Gasteiger partial charge in [-0.1, -0.05) is 16.4 Å². The van der Waals surface area contributed by atoms with Crippen molar-refractivity contribution in [3.8, 4) is 11.3 Å². The summed E-state index contributed by atoms with van der Waals surface area (Å²) in [5.74, 6) is -1.49. The predicted molar refractivity (Wildman–Crippen MR) is 115 cm³/mol. The summed E-state index contributed by atoms with van der Waals surface area (Å²) in [4.78, 5) is 0. The van der Waals surface area contributed by atoms with Crippen molar-refractivity contribution in [3.05, 3.63) is 53.0 Å². The van der Waals surface area contributed by atoms with E-state index in [0.29, 0.717) is 17.9 Å². The van der Waals surface area contributed by atoms with Gasteiger partial charge in [-0.2, -0.15) is 0 Å². The van der Waals surface area contributed by atoms with Crippen LogP contribution in [0.5, 0.6) is 0 Å². The van der Waals surface area contributed by atoms with E-state index in [1.807, 2.05) is 0 Å². The summed E-state index contributed by atoms with van der Waals surface area (Å²) in [5, 5.41) is 42.5. The highest BCUT2D eigenvalue weighted by molar-refractivity contribution is 5.59. The lowest BCUT2D eigenvalue weighted by molar-refractivity contribution is -0.212. The third-order valence-electron chi connectivity index (χ3n) is 6.71. The number of nitrogens with zero attached hydrogens (tertiary/aromatic N) is 4. The Hall–Kier alpha value is -2.77. The van der Waals surface area contributed by atoms with Gasteiger partial charge in [-0.25, -0.2) is 13.5 Å². The lowest BCUT2D eigenvalue weighted by Gasteiger charge is -2.43. The Bertz CT molecular complexity index is 1200. The number of methoxy groups -OCH3 is 1. The van der Waals surface area contributed by atoms with Crippen molar-refractivity contribution >= 4 is 0 Å². The number of benzene rings is 1. The molecule has 35 heavy (non-hydrogen) atoms. The molecule has 12 heteroatoms. The zero-order valence-electron chi connectivity index (χ0n) is 19.1. The molecule has 7 atom stereocenters. The summed E-state index contributed by atoms with van der Waals surface area (Å²) in [6.07, 6.45) is -1.78. The molecule has 1 saturated heterocycles. The van der Waals surface area contributed by atoms with E-state index in [2.05, 4.69) is 15.5 Å². The number of aliphatic hydroxyl groups excluding tert-OH is 3. The van der Waals surface area contributed by atoms with Crippen LogP contribution in [-0.2, 0) is 15.9 Å². The van der Waals surface area contributed by atoms with Crippen molar-refractivity contribution in [1.82, 2.24) is 20.2 Å². The van der Waals surface area contributed by atoms with Gasteiger partial charge in [0.1, 0.15) is 35.8 Å². The second-order valence-electron chi connectivity index (χ2n) is 9.05. The SMILES string of the molecule is CO[C@@H]1[C@@H](n2cc(-c3ccc(C)c(F)c3F)nn2)[C@@H](O)[C@@H](CO)O[C@@H]1Cc1cc([C@@H]2C[C@H]2O)on1. The lowest BCUT2D eigenvalue weighted by atomic mass is 9.90. The van der Waals surface area contributed by atoms with Crippen LogP contribution in [0.15, 0.2) is 28.9 Å². The van der Waals surface area contributed by atoms with Crippen molar-refractivity contribution in [2.75, 3.05) is 13.7 Å². The quantitative estimate of drug-likeness (QED) is 0.446. The van der Waals surface area contributed by atoms with Gasteiger partial charge in [0.25, 0.3) is 0 Å². The van der Waals surface area contributed by atoms with E-state index in [9.17, 15) is 24.1 Å². The van der Waals surface area contributed by atoms with E-state index in [1.165, 1.54) is 37.0 Å². The monoisotopic (exact) mass is 492 g/mol. The van der Waals surface area contributed by atoms with Crippen molar-refractivity contribution < 1.29 is 38.1 Å². The number of ether oxygens (including phenoxy) is 2. The number of halogens is 2. The van der Waals surface area contributed by atoms with Crippen LogP contribution in [-0.4, -0.2) is 79.7 Å². The van der Waals surface area contributed by atoms with E-state index in [4.69, 9.17) is 14.0 Å². The minimum Gasteiger partial charge on any atom is -0.394 e. The largest absolute Gasteiger partial charge is 0.394 e. The Balaban J connectivity index is 1.43. The molecule has 0 radical (unpaired) electrons. The molecular weight excluding hydrogens is 466 g/mol. The molecule has 5 rings (SSSR count). The number of aliphatic hydroxyl groups is 3. The maximum absolute atomic E-state index is 14.5. The highest BCUT2D eigenvalue weighted by Gasteiger charge is 2.47. The van der Waals surface area contributed by atoms with Crippen LogP contribution < -0.4 is 0 Å². The highest BCUT2D eigenvalue weighted by atomic mass is 19.2. The van der Waals surface area contributed by atoms with E-state index >= 15 is 0 Å². The summed E-state index contributed by atoms with van der Waals surface area (Å²) in [5.41, 5.74) is 0.743. The first-order chi connectivity index (χ1) is 16.8. The molecule has 1 saturated carbocycles. The van der Waals surface area contributed by atoms with Gasteiger partial charge in [-0.3, -0.25) is 0 Å². The van der Waals surface area contributed by atoms with Gasteiger partial charge in [0.15, 0.2) is 11.6 Å². The summed E-state index contributed by atoms with van der Waals surface area (Å²) >= 11 is 0. The first kappa shape index (κ1) is 23.9. The molecule has 0 amide bonds. The molecule has 2 aliphatic rings. The Morgan fingerprint density at radius 1 is 1.20 bits per heavy atom. The van der Waals surface area contributed by atoms with Crippen LogP contribution >= 0.6 is 0 Å². The fraction of sp³-hybridized carbons (Fsp3) is 0.522. The number of aromatic nitrogens is 4. The van der Waals surface area contributed by atoms with Gasteiger partial charge in [0.2, 0.25) is 0 Å². The summed E-state index contributed by atoms with van der Waals surface area (Å²) in [7, 11) is 1.45. The van der Waals surface area contributed by atoms with Crippen LogP contribution in [0.3, 0.4) is 0 Å². The summed E-state index contributed by atoms with van der Waals surface area (Å²) in [6, 6.07) is 3.74. The third-order valence-corrected chi connectivity index (χ3v) is 6.71. The van der Waals surface area contributed by atoms with E-state index < -0.39 is 54.8 Å². The smallest absolute Gasteiger partial charge is 0.168 e. The summed E-state index contributed by atoms with van der Waals surface area (Å²) in [6.45, 7) is 0.989. The van der Waals surface area contributed by atoms with Gasteiger partial charge in [0.05, 0.1) is 30.7 Å². The Kier molecular flexibility index (Phi) is 6.40. The minimum atomic E-state index is -1.23. The average molecular weight is 492 g/mol. The molecule has 3 N–H and O–H groups in total. The van der Waals surface area contributed by atoms with E-state index in [-0.39, 0.29) is 29.2 Å². The Labute approximate surface area is 199 Å². The zero-order valence-corrected chi connectivity index (χ0v) is 19.1. The molecule has 1 aliphatic carbocycles. The second kappa shape index (κ2) is 9.36. The van der Waals surface area contributed by atoms with Crippen LogP contribution in [0.4, 0.5) is 8.78 Å². The molecule has 3 heterocycles. The fourth-order valence-electron chi connectivity index (χ4n) is 4.61. The summed E-state index contributed by atoms with van der Waals surface area (Å²) < 4.78 is 46.9. The highest BCUT2D eigenvalue weighted by Crippen LogP contribution is 2.41. The molecule has 1 aromatic carbocycles. The van der Waals surface area contributed by atoms with Crippen LogP contribution in [0.2, 0.25) is 0 Å². The maximum atomic E-state index is 14.5. The van der Waals surface area contributed by atoms with Crippen molar-refractivity contribution in [2.24, 2.45) is 0 Å². The lowest BCUT2D eigenvalue weighted by Crippen LogP contribution is -2.57. The fourth-order valence-corrected chi connectivity index (χ4v) is 4.61. The third kappa shape index (κ3) is 4.36. The molecule has 0 spiro atoms. The molecule has 0 unspecified atom stereocenters. The number of rotatable bonds is 7. The van der Waals surface area contributed by atoms with E-state index in [1.54, 1.807) is 6.07 Å². The van der Waals surface area contributed by atoms with Crippen molar-refractivity contribution in [3.63, 3.8) is 0 Å². The van der Waals surface area contributed by atoms with Gasteiger partial charge in [0, 0.05) is 31.1 Å². The molecule has 3 aromatic rings. The average Bonchev–Trinajstić information content (AvgIpc) is 3.21. The number of hydrogen-bond acceptors (Lipinski definition) is 9. The minimum absolute atomic E-state index is 0.0671. The Morgan fingerprint density at radius 2 is 1.97 bits per heavy atom. The molecule has 1 aliphatic heterocycles.